The van der Waals surface area contributed by atoms with Crippen LogP contribution in [-0.4, -0.2) is 34.2 Å². The van der Waals surface area contributed by atoms with E-state index in [1.54, 1.807) is 6.20 Å². The van der Waals surface area contributed by atoms with Crippen molar-refractivity contribution >= 4 is 5.91 Å². The fourth-order valence-corrected chi connectivity index (χ4v) is 4.31. The van der Waals surface area contributed by atoms with E-state index in [2.05, 4.69) is 48.3 Å². The number of rotatable bonds is 2. The van der Waals surface area contributed by atoms with Crippen LogP contribution in [0.25, 0.3) is 0 Å². The minimum Gasteiger partial charge on any atom is -0.373 e. The van der Waals surface area contributed by atoms with Crippen LogP contribution in [0.1, 0.15) is 49.5 Å². The molecule has 4 rings (SSSR count). The van der Waals surface area contributed by atoms with Gasteiger partial charge in [0.25, 0.3) is 0 Å². The molecule has 25 heavy (non-hydrogen) atoms. The fraction of sp³-hybridized carbons (Fsp3) is 0.500. The second-order valence-electron chi connectivity index (χ2n) is 7.81. The highest BCUT2D eigenvalue weighted by atomic mass is 16.5. The molecule has 2 aliphatic heterocycles. The molecule has 2 aromatic rings. The number of hydrogen-bond donors (Lipinski definition) is 1. The summed E-state index contributed by atoms with van der Waals surface area (Å²) in [5.41, 5.74) is 3.54. The Kier molecular flexibility index (Phi) is 4.12. The van der Waals surface area contributed by atoms with Crippen molar-refractivity contribution in [2.24, 2.45) is 5.92 Å². The van der Waals surface area contributed by atoms with Gasteiger partial charge in [-0.05, 0) is 24.0 Å². The summed E-state index contributed by atoms with van der Waals surface area (Å²) in [6, 6.07) is 8.47. The lowest BCUT2D eigenvalue weighted by Gasteiger charge is -2.42. The third kappa shape index (κ3) is 2.97. The van der Waals surface area contributed by atoms with Crippen LogP contribution in [0.4, 0.5) is 0 Å². The van der Waals surface area contributed by atoms with E-state index in [1.807, 2.05) is 11.1 Å². The standard InChI is InChI=1S/C20H25N3O2/c1-20(2)13-23(12-14-6-3-4-8-17(14)20)19(24)16-7-5-9-25-18(16)15-10-21-22-11-15/h3-4,6,8,10-11,16,18H,5,7,9,12-13H2,1-2H3,(H,21,22)/t16-,18+/m1/s1. The summed E-state index contributed by atoms with van der Waals surface area (Å²) in [6.45, 7) is 6.57. The number of aromatic nitrogens is 2. The molecule has 1 N–H and O–H groups in total. The number of aromatic amines is 1. The van der Waals surface area contributed by atoms with Crippen LogP contribution in [0.5, 0.6) is 0 Å². The molecule has 1 amide bonds. The number of benzene rings is 1. The molecular formula is C20H25N3O2. The Balaban J connectivity index is 1.60. The van der Waals surface area contributed by atoms with Gasteiger partial charge in [-0.15, -0.1) is 0 Å². The van der Waals surface area contributed by atoms with E-state index < -0.39 is 0 Å². The second kappa shape index (κ2) is 6.30. The van der Waals surface area contributed by atoms with Crippen molar-refractivity contribution in [3.05, 3.63) is 53.3 Å². The zero-order valence-corrected chi connectivity index (χ0v) is 14.9. The van der Waals surface area contributed by atoms with Crippen molar-refractivity contribution in [3.63, 3.8) is 0 Å². The summed E-state index contributed by atoms with van der Waals surface area (Å²) in [7, 11) is 0. The fourth-order valence-electron chi connectivity index (χ4n) is 4.31. The Labute approximate surface area is 148 Å². The first kappa shape index (κ1) is 16.3. The van der Waals surface area contributed by atoms with E-state index in [4.69, 9.17) is 4.74 Å². The number of carbonyl (C=O) groups is 1. The maximum absolute atomic E-state index is 13.4. The molecule has 5 nitrogen and oxygen atoms in total. The van der Waals surface area contributed by atoms with Crippen molar-refractivity contribution in [2.45, 2.75) is 44.8 Å². The summed E-state index contributed by atoms with van der Waals surface area (Å²) >= 11 is 0. The van der Waals surface area contributed by atoms with E-state index in [9.17, 15) is 4.79 Å². The van der Waals surface area contributed by atoms with Crippen LogP contribution in [0.2, 0.25) is 0 Å². The number of amides is 1. The van der Waals surface area contributed by atoms with Crippen molar-refractivity contribution in [1.29, 1.82) is 0 Å². The molecular weight excluding hydrogens is 314 g/mol. The van der Waals surface area contributed by atoms with Crippen LogP contribution in [0.15, 0.2) is 36.7 Å². The molecule has 1 aromatic carbocycles. The van der Waals surface area contributed by atoms with Gasteiger partial charge in [-0.3, -0.25) is 9.89 Å². The van der Waals surface area contributed by atoms with Gasteiger partial charge >= 0.3 is 0 Å². The molecule has 2 atom stereocenters. The van der Waals surface area contributed by atoms with E-state index in [1.165, 1.54) is 11.1 Å². The second-order valence-corrected chi connectivity index (χ2v) is 7.81. The molecule has 0 aliphatic carbocycles. The Morgan fingerprint density at radius 2 is 2.20 bits per heavy atom. The summed E-state index contributed by atoms with van der Waals surface area (Å²) in [4.78, 5) is 15.4. The van der Waals surface area contributed by atoms with E-state index in [0.717, 1.165) is 24.9 Å². The minimum absolute atomic E-state index is 0.0365. The predicted molar refractivity (Wildman–Crippen MR) is 94.9 cm³/mol. The van der Waals surface area contributed by atoms with Gasteiger partial charge in [0, 0.05) is 36.9 Å². The summed E-state index contributed by atoms with van der Waals surface area (Å²) in [5, 5.41) is 6.86. The number of H-pyrrole nitrogens is 1. The Bertz CT molecular complexity index is 754. The molecule has 0 radical (unpaired) electrons. The lowest BCUT2D eigenvalue weighted by molar-refractivity contribution is -0.147. The molecule has 1 aromatic heterocycles. The lowest BCUT2D eigenvalue weighted by Crippen LogP contribution is -2.48. The van der Waals surface area contributed by atoms with Crippen LogP contribution < -0.4 is 0 Å². The molecule has 5 heteroatoms. The van der Waals surface area contributed by atoms with E-state index >= 15 is 0 Å². The van der Waals surface area contributed by atoms with Crippen LogP contribution in [-0.2, 0) is 21.5 Å². The third-order valence-corrected chi connectivity index (χ3v) is 5.49. The smallest absolute Gasteiger partial charge is 0.228 e. The van der Waals surface area contributed by atoms with E-state index in [-0.39, 0.29) is 23.3 Å². The zero-order valence-electron chi connectivity index (χ0n) is 14.9. The highest BCUT2D eigenvalue weighted by Gasteiger charge is 2.40. The number of carbonyl (C=O) groups excluding carboxylic acids is 1. The molecule has 0 saturated carbocycles. The van der Waals surface area contributed by atoms with E-state index in [0.29, 0.717) is 13.2 Å². The zero-order chi connectivity index (χ0) is 17.4. The lowest BCUT2D eigenvalue weighted by atomic mass is 9.77. The Morgan fingerprint density at radius 3 is 3.00 bits per heavy atom. The van der Waals surface area contributed by atoms with Gasteiger partial charge in [-0.25, -0.2) is 0 Å². The number of ether oxygens (including phenoxy) is 1. The largest absolute Gasteiger partial charge is 0.373 e. The third-order valence-electron chi connectivity index (χ3n) is 5.49. The number of hydrogen-bond acceptors (Lipinski definition) is 3. The van der Waals surface area contributed by atoms with Gasteiger partial charge in [0.05, 0.1) is 18.2 Å². The topological polar surface area (TPSA) is 58.2 Å². The van der Waals surface area contributed by atoms with Gasteiger partial charge in [-0.2, -0.15) is 5.10 Å². The Hall–Kier alpha value is -2.14. The summed E-state index contributed by atoms with van der Waals surface area (Å²) < 4.78 is 5.96. The van der Waals surface area contributed by atoms with Gasteiger partial charge in [-0.1, -0.05) is 38.1 Å². The normalized spacial score (nSPS) is 25.4. The highest BCUT2D eigenvalue weighted by molar-refractivity contribution is 5.80. The maximum atomic E-state index is 13.4. The first-order valence-electron chi connectivity index (χ1n) is 9.04. The van der Waals surface area contributed by atoms with Crippen molar-refractivity contribution < 1.29 is 9.53 Å². The molecule has 2 aliphatic rings. The van der Waals surface area contributed by atoms with Crippen LogP contribution in [0, 0.1) is 5.92 Å². The van der Waals surface area contributed by atoms with Gasteiger partial charge in [0.15, 0.2) is 0 Å². The van der Waals surface area contributed by atoms with Crippen LogP contribution in [0.3, 0.4) is 0 Å². The minimum atomic E-state index is -0.194. The number of nitrogens with zero attached hydrogens (tertiary/aromatic N) is 2. The van der Waals surface area contributed by atoms with Gasteiger partial charge < -0.3 is 9.64 Å². The van der Waals surface area contributed by atoms with Gasteiger partial charge in [0.1, 0.15) is 0 Å². The monoisotopic (exact) mass is 339 g/mol. The van der Waals surface area contributed by atoms with Crippen LogP contribution >= 0.6 is 0 Å². The molecule has 0 bridgehead atoms. The average molecular weight is 339 g/mol. The first-order chi connectivity index (χ1) is 12.1. The average Bonchev–Trinajstić information content (AvgIpc) is 3.15. The first-order valence-corrected chi connectivity index (χ1v) is 9.04. The summed E-state index contributed by atoms with van der Waals surface area (Å²) in [6.07, 6.45) is 5.21. The molecule has 3 heterocycles. The molecule has 0 unspecified atom stereocenters. The van der Waals surface area contributed by atoms with Gasteiger partial charge in [0.2, 0.25) is 5.91 Å². The number of nitrogens with one attached hydrogen (secondary N) is 1. The maximum Gasteiger partial charge on any atom is 0.228 e. The Morgan fingerprint density at radius 1 is 1.36 bits per heavy atom. The number of fused-ring (bicyclic) bond motifs is 1. The quantitative estimate of drug-likeness (QED) is 0.914. The predicted octanol–water partition coefficient (Wildman–Crippen LogP) is 3.20. The molecule has 0 spiro atoms. The molecule has 1 fully saturated rings. The SMILES string of the molecule is CC1(C)CN(C(=O)[C@@H]2CCCO[C@H]2c2cn[nH]c2)Cc2ccccc21. The molecule has 1 saturated heterocycles. The van der Waals surface area contributed by atoms with Crippen molar-refractivity contribution in [1.82, 2.24) is 15.1 Å². The molecule has 132 valence electrons. The van der Waals surface area contributed by atoms with Crippen molar-refractivity contribution in [2.75, 3.05) is 13.2 Å². The van der Waals surface area contributed by atoms with Crippen molar-refractivity contribution in [3.8, 4) is 0 Å². The highest BCUT2D eigenvalue weighted by Crippen LogP contribution is 2.38. The summed E-state index contributed by atoms with van der Waals surface area (Å²) in [5.74, 6) is 0.0703.